The number of unbranched alkanes of at least 4 members (excludes halogenated alkanes) is 11. The van der Waals surface area contributed by atoms with Crippen molar-refractivity contribution in [2.45, 2.75) is 172 Å². The maximum absolute atomic E-state index is 13.5. The van der Waals surface area contributed by atoms with Crippen molar-refractivity contribution in [3.05, 3.63) is 108 Å². The number of benzene rings is 3. The standard InChI is InChI=1S/C47H67NO8/c1-2-3-4-5-6-7-8-9-10-11-12-22-29-40(50)44-39(48(47(52)56-44)32-36-23-16-13-17-24-36)30-31-41-45(53-34-37-25-18-14-19-26-37)46(43(51)42(33-49)55-41)54-35-38-27-20-15-21-28-38/h13-21,23-28,39-46,49-51H,2-12,22,29-35H2,1H3/t39-,40-,41?,42?,43-,44-,45+,46?/m0/s1. The third kappa shape index (κ3) is 13.7. The minimum atomic E-state index is -1.13. The Balaban J connectivity index is 1.24. The Bertz CT molecular complexity index is 1480. The molecule has 8 atom stereocenters. The number of aliphatic hydroxyl groups excluding tert-OH is 3. The van der Waals surface area contributed by atoms with E-state index in [0.717, 1.165) is 36.0 Å². The molecule has 2 aliphatic rings. The first-order valence-electron chi connectivity index (χ1n) is 21.4. The van der Waals surface area contributed by atoms with Crippen LogP contribution in [-0.2, 0) is 38.7 Å². The lowest BCUT2D eigenvalue weighted by molar-refractivity contribution is -0.259. The Morgan fingerprint density at radius 3 is 1.70 bits per heavy atom. The minimum absolute atomic E-state index is 0.252. The van der Waals surface area contributed by atoms with E-state index in [-0.39, 0.29) is 19.8 Å². The molecule has 0 aromatic heterocycles. The molecule has 2 fully saturated rings. The highest BCUT2D eigenvalue weighted by molar-refractivity contribution is 5.71. The van der Waals surface area contributed by atoms with Crippen LogP contribution in [0.25, 0.3) is 0 Å². The van der Waals surface area contributed by atoms with Crippen molar-refractivity contribution in [3.63, 3.8) is 0 Å². The van der Waals surface area contributed by atoms with E-state index in [2.05, 4.69) is 6.92 Å². The van der Waals surface area contributed by atoms with Crippen LogP contribution in [0.15, 0.2) is 91.0 Å². The summed E-state index contributed by atoms with van der Waals surface area (Å²) in [5, 5.41) is 33.3. The monoisotopic (exact) mass is 773 g/mol. The summed E-state index contributed by atoms with van der Waals surface area (Å²) in [4.78, 5) is 15.2. The van der Waals surface area contributed by atoms with Gasteiger partial charge in [0.15, 0.2) is 0 Å². The number of rotatable bonds is 26. The molecule has 3 aromatic carbocycles. The van der Waals surface area contributed by atoms with Crippen LogP contribution in [0.1, 0.15) is 120 Å². The van der Waals surface area contributed by atoms with Gasteiger partial charge in [-0.1, -0.05) is 175 Å². The molecule has 2 saturated heterocycles. The highest BCUT2D eigenvalue weighted by Gasteiger charge is 2.49. The molecule has 3 N–H and O–H groups in total. The summed E-state index contributed by atoms with van der Waals surface area (Å²) in [6.45, 7) is 2.75. The second kappa shape index (κ2) is 24.5. The molecular weight excluding hydrogens is 707 g/mol. The van der Waals surface area contributed by atoms with Crippen LogP contribution < -0.4 is 0 Å². The van der Waals surface area contributed by atoms with E-state index in [9.17, 15) is 20.1 Å². The zero-order chi connectivity index (χ0) is 39.4. The molecule has 3 aromatic rings. The number of hydrogen-bond acceptors (Lipinski definition) is 8. The number of carbonyl (C=O) groups is 1. The number of hydrogen-bond donors (Lipinski definition) is 3. The largest absolute Gasteiger partial charge is 0.441 e. The van der Waals surface area contributed by atoms with Crippen molar-refractivity contribution in [2.24, 2.45) is 0 Å². The lowest BCUT2D eigenvalue weighted by Crippen LogP contribution is -2.60. The van der Waals surface area contributed by atoms with Gasteiger partial charge in [0, 0.05) is 6.54 Å². The number of ether oxygens (including phenoxy) is 4. The van der Waals surface area contributed by atoms with Gasteiger partial charge < -0.3 is 34.3 Å². The maximum Gasteiger partial charge on any atom is 0.410 e. The predicted octanol–water partition coefficient (Wildman–Crippen LogP) is 8.90. The Morgan fingerprint density at radius 1 is 0.661 bits per heavy atom. The molecule has 2 aliphatic heterocycles. The molecule has 0 aliphatic carbocycles. The summed E-state index contributed by atoms with van der Waals surface area (Å²) in [5.74, 6) is 0. The van der Waals surface area contributed by atoms with Crippen molar-refractivity contribution < 1.29 is 39.1 Å². The first-order chi connectivity index (χ1) is 27.5. The number of aliphatic hydroxyl groups is 3. The second-order valence-corrected chi connectivity index (χ2v) is 15.8. The third-order valence-corrected chi connectivity index (χ3v) is 11.4. The van der Waals surface area contributed by atoms with Crippen molar-refractivity contribution in [3.8, 4) is 0 Å². The molecule has 2 heterocycles. The molecule has 0 spiro atoms. The Morgan fingerprint density at radius 2 is 1.16 bits per heavy atom. The topological polar surface area (TPSA) is 118 Å². The normalized spacial score (nSPS) is 24.3. The van der Waals surface area contributed by atoms with Crippen molar-refractivity contribution in [1.29, 1.82) is 0 Å². The highest BCUT2D eigenvalue weighted by atomic mass is 16.6. The fourth-order valence-corrected chi connectivity index (χ4v) is 8.20. The minimum Gasteiger partial charge on any atom is -0.441 e. The van der Waals surface area contributed by atoms with E-state index >= 15 is 0 Å². The molecule has 9 heteroatoms. The molecule has 0 bridgehead atoms. The molecule has 56 heavy (non-hydrogen) atoms. The van der Waals surface area contributed by atoms with E-state index in [1.165, 1.54) is 57.8 Å². The van der Waals surface area contributed by atoms with Gasteiger partial charge in [-0.3, -0.25) is 4.90 Å². The highest BCUT2D eigenvalue weighted by Crippen LogP contribution is 2.34. The van der Waals surface area contributed by atoms with Gasteiger partial charge in [0.05, 0.1) is 38.1 Å². The second-order valence-electron chi connectivity index (χ2n) is 15.8. The first kappa shape index (κ1) is 43.8. The maximum atomic E-state index is 13.5. The quantitative estimate of drug-likeness (QED) is 0.0693. The number of nitrogens with zero attached hydrogens (tertiary/aromatic N) is 1. The summed E-state index contributed by atoms with van der Waals surface area (Å²) >= 11 is 0. The Hall–Kier alpha value is -3.31. The molecule has 0 saturated carbocycles. The van der Waals surface area contributed by atoms with Gasteiger partial charge in [-0.2, -0.15) is 0 Å². The third-order valence-electron chi connectivity index (χ3n) is 11.4. The van der Waals surface area contributed by atoms with Gasteiger partial charge in [-0.05, 0) is 36.0 Å². The Labute approximate surface area is 335 Å². The summed E-state index contributed by atoms with van der Waals surface area (Å²) < 4.78 is 25.3. The summed E-state index contributed by atoms with van der Waals surface area (Å²) in [6.07, 6.45) is 10.3. The van der Waals surface area contributed by atoms with E-state index < -0.39 is 54.9 Å². The van der Waals surface area contributed by atoms with Gasteiger partial charge in [0.1, 0.15) is 30.5 Å². The summed E-state index contributed by atoms with van der Waals surface area (Å²) in [7, 11) is 0. The van der Waals surface area contributed by atoms with E-state index in [1.54, 1.807) is 4.90 Å². The first-order valence-corrected chi connectivity index (χ1v) is 21.4. The SMILES string of the molecule is CCCCCCCCCCCCCC[C@H](O)[C@H]1OC(=O)N(Cc2ccccc2)[C@H]1CCC1OC(CO)[C@H](O)C(OCc2ccccc2)[C@@H]1OCc1ccccc1. The lowest BCUT2D eigenvalue weighted by Gasteiger charge is -2.44. The fourth-order valence-electron chi connectivity index (χ4n) is 8.20. The van der Waals surface area contributed by atoms with E-state index in [0.29, 0.717) is 25.8 Å². The molecule has 1 amide bonds. The van der Waals surface area contributed by atoms with Gasteiger partial charge in [0.2, 0.25) is 0 Å². The van der Waals surface area contributed by atoms with Gasteiger partial charge >= 0.3 is 6.09 Å². The van der Waals surface area contributed by atoms with Crippen LogP contribution >= 0.6 is 0 Å². The average molecular weight is 774 g/mol. The van der Waals surface area contributed by atoms with Crippen LogP contribution in [0.2, 0.25) is 0 Å². The summed E-state index contributed by atoms with van der Waals surface area (Å²) in [6, 6.07) is 29.0. The van der Waals surface area contributed by atoms with Crippen molar-refractivity contribution in [1.82, 2.24) is 4.90 Å². The number of amides is 1. The fraction of sp³-hybridized carbons (Fsp3) is 0.596. The van der Waals surface area contributed by atoms with Crippen molar-refractivity contribution >= 4 is 6.09 Å². The summed E-state index contributed by atoms with van der Waals surface area (Å²) in [5.41, 5.74) is 2.89. The number of cyclic esters (lactones) is 1. The molecule has 3 unspecified atom stereocenters. The predicted molar refractivity (Wildman–Crippen MR) is 219 cm³/mol. The van der Waals surface area contributed by atoms with Gasteiger partial charge in [0.25, 0.3) is 0 Å². The molecule has 5 rings (SSSR count). The van der Waals surface area contributed by atoms with Crippen LogP contribution in [0, 0.1) is 0 Å². The lowest BCUT2D eigenvalue weighted by atomic mass is 9.89. The van der Waals surface area contributed by atoms with E-state index in [4.69, 9.17) is 18.9 Å². The zero-order valence-electron chi connectivity index (χ0n) is 33.5. The van der Waals surface area contributed by atoms with Crippen LogP contribution in [-0.4, -0.2) is 81.7 Å². The van der Waals surface area contributed by atoms with Gasteiger partial charge in [-0.15, -0.1) is 0 Å². The van der Waals surface area contributed by atoms with Gasteiger partial charge in [-0.25, -0.2) is 4.79 Å². The molecule has 0 radical (unpaired) electrons. The molecule has 9 nitrogen and oxygen atoms in total. The average Bonchev–Trinajstić information content (AvgIpc) is 3.54. The number of carbonyl (C=O) groups excluding carboxylic acids is 1. The Kier molecular flexibility index (Phi) is 19.1. The van der Waals surface area contributed by atoms with Crippen LogP contribution in [0.3, 0.4) is 0 Å². The van der Waals surface area contributed by atoms with E-state index in [1.807, 2.05) is 91.0 Å². The van der Waals surface area contributed by atoms with Crippen LogP contribution in [0.5, 0.6) is 0 Å². The molecule has 308 valence electrons. The molecular formula is C47H67NO8. The van der Waals surface area contributed by atoms with Crippen LogP contribution in [0.4, 0.5) is 4.79 Å². The zero-order valence-corrected chi connectivity index (χ0v) is 33.5. The smallest absolute Gasteiger partial charge is 0.410 e. The van der Waals surface area contributed by atoms with Crippen molar-refractivity contribution in [2.75, 3.05) is 6.61 Å².